The van der Waals surface area contributed by atoms with Gasteiger partial charge in [-0.2, -0.15) is 5.26 Å². The maximum Gasteiger partial charge on any atom is 0.407 e. The molecule has 6 heteroatoms. The van der Waals surface area contributed by atoms with Crippen LogP contribution in [0.2, 0.25) is 0 Å². The number of esters is 1. The minimum absolute atomic E-state index is 0.0969. The summed E-state index contributed by atoms with van der Waals surface area (Å²) in [5.74, 6) is -1.21. The molecule has 6 nitrogen and oxygen atoms in total. The number of amides is 1. The first-order valence-electron chi connectivity index (χ1n) is 7.75. The summed E-state index contributed by atoms with van der Waals surface area (Å²) in [6, 6.07) is 11.0. The van der Waals surface area contributed by atoms with Crippen molar-refractivity contribution >= 4 is 12.1 Å². The highest BCUT2D eigenvalue weighted by Gasteiger charge is 2.28. The number of nitrogens with one attached hydrogen (secondary N) is 1. The monoisotopic (exact) mass is 332 g/mol. The SMILES string of the molecule is COC(=O)CC(C#N)[C@H](Cc1ccccc1)NC(=O)OC(C)(C)C. The van der Waals surface area contributed by atoms with Gasteiger partial charge in [0.25, 0.3) is 0 Å². The molecule has 1 aromatic rings. The highest BCUT2D eigenvalue weighted by Crippen LogP contribution is 2.16. The number of benzene rings is 1. The summed E-state index contributed by atoms with van der Waals surface area (Å²) >= 11 is 0. The van der Waals surface area contributed by atoms with Crippen LogP contribution >= 0.6 is 0 Å². The zero-order chi connectivity index (χ0) is 18.2. The molecule has 0 saturated carbocycles. The average molecular weight is 332 g/mol. The van der Waals surface area contributed by atoms with Crippen molar-refractivity contribution in [1.82, 2.24) is 5.32 Å². The molecule has 0 spiro atoms. The largest absolute Gasteiger partial charge is 0.469 e. The molecule has 0 saturated heterocycles. The number of carbonyl (C=O) groups excluding carboxylic acids is 2. The summed E-state index contributed by atoms with van der Waals surface area (Å²) < 4.78 is 9.89. The van der Waals surface area contributed by atoms with E-state index in [4.69, 9.17) is 4.74 Å². The van der Waals surface area contributed by atoms with Gasteiger partial charge < -0.3 is 14.8 Å². The van der Waals surface area contributed by atoms with E-state index in [9.17, 15) is 14.9 Å². The summed E-state index contributed by atoms with van der Waals surface area (Å²) in [7, 11) is 1.27. The Morgan fingerprint density at radius 3 is 2.38 bits per heavy atom. The van der Waals surface area contributed by atoms with E-state index in [1.54, 1.807) is 20.8 Å². The quantitative estimate of drug-likeness (QED) is 0.809. The highest BCUT2D eigenvalue weighted by molar-refractivity contribution is 5.71. The fraction of sp³-hybridized carbons (Fsp3) is 0.500. The zero-order valence-corrected chi connectivity index (χ0v) is 14.5. The smallest absolute Gasteiger partial charge is 0.407 e. The second kappa shape index (κ2) is 8.92. The summed E-state index contributed by atoms with van der Waals surface area (Å²) in [6.45, 7) is 5.28. The lowest BCUT2D eigenvalue weighted by atomic mass is 9.92. The molecular weight excluding hydrogens is 308 g/mol. The number of ether oxygens (including phenoxy) is 2. The number of hydrogen-bond acceptors (Lipinski definition) is 5. The minimum atomic E-state index is -0.717. The van der Waals surface area contributed by atoms with Crippen LogP contribution in [0.3, 0.4) is 0 Å². The first kappa shape index (κ1) is 19.5. The van der Waals surface area contributed by atoms with Crippen molar-refractivity contribution in [2.45, 2.75) is 45.3 Å². The van der Waals surface area contributed by atoms with Crippen LogP contribution in [-0.2, 0) is 20.7 Å². The Morgan fingerprint density at radius 1 is 1.25 bits per heavy atom. The molecule has 1 unspecified atom stereocenters. The van der Waals surface area contributed by atoms with E-state index in [0.717, 1.165) is 5.56 Å². The van der Waals surface area contributed by atoms with E-state index >= 15 is 0 Å². The lowest BCUT2D eigenvalue weighted by Gasteiger charge is -2.26. The van der Waals surface area contributed by atoms with Crippen LogP contribution < -0.4 is 5.32 Å². The van der Waals surface area contributed by atoms with E-state index < -0.39 is 29.6 Å². The number of methoxy groups -OCH3 is 1. The van der Waals surface area contributed by atoms with Crippen molar-refractivity contribution in [3.8, 4) is 6.07 Å². The number of nitriles is 1. The fourth-order valence-electron chi connectivity index (χ4n) is 2.16. The highest BCUT2D eigenvalue weighted by atomic mass is 16.6. The van der Waals surface area contributed by atoms with E-state index in [2.05, 4.69) is 16.1 Å². The van der Waals surface area contributed by atoms with Gasteiger partial charge >= 0.3 is 12.1 Å². The predicted octanol–water partition coefficient (Wildman–Crippen LogP) is 2.83. The van der Waals surface area contributed by atoms with Crippen molar-refractivity contribution in [2.24, 2.45) is 5.92 Å². The molecule has 130 valence electrons. The minimum Gasteiger partial charge on any atom is -0.469 e. The number of alkyl carbamates (subject to hydrolysis) is 1. The molecule has 1 rings (SSSR count). The van der Waals surface area contributed by atoms with Gasteiger partial charge in [-0.05, 0) is 32.8 Å². The number of hydrogen-bond donors (Lipinski definition) is 1. The predicted molar refractivity (Wildman–Crippen MR) is 89.0 cm³/mol. The van der Waals surface area contributed by atoms with Crippen LogP contribution in [0.1, 0.15) is 32.8 Å². The summed E-state index contributed by atoms with van der Waals surface area (Å²) in [6.07, 6.45) is -0.302. The summed E-state index contributed by atoms with van der Waals surface area (Å²) in [5, 5.41) is 12.1. The van der Waals surface area contributed by atoms with Gasteiger partial charge in [0.2, 0.25) is 0 Å². The van der Waals surface area contributed by atoms with Crippen molar-refractivity contribution < 1.29 is 19.1 Å². The Morgan fingerprint density at radius 2 is 1.88 bits per heavy atom. The topological polar surface area (TPSA) is 88.4 Å². The third kappa shape index (κ3) is 7.14. The second-order valence-corrected chi connectivity index (χ2v) is 6.46. The summed E-state index contributed by atoms with van der Waals surface area (Å²) in [4.78, 5) is 23.6. The normalized spacial score (nSPS) is 13.3. The van der Waals surface area contributed by atoms with Crippen LogP contribution in [0, 0.1) is 17.2 Å². The molecule has 0 aliphatic rings. The molecule has 1 aromatic carbocycles. The molecule has 0 radical (unpaired) electrons. The van der Waals surface area contributed by atoms with Crippen molar-refractivity contribution in [1.29, 1.82) is 5.26 Å². The van der Waals surface area contributed by atoms with E-state index in [0.29, 0.717) is 6.42 Å². The van der Waals surface area contributed by atoms with Crippen molar-refractivity contribution in [3.05, 3.63) is 35.9 Å². The van der Waals surface area contributed by atoms with Crippen LogP contribution in [0.5, 0.6) is 0 Å². The number of carbonyl (C=O) groups is 2. The molecular formula is C18H24N2O4. The van der Waals surface area contributed by atoms with Crippen LogP contribution in [0.25, 0.3) is 0 Å². The lowest BCUT2D eigenvalue weighted by Crippen LogP contribution is -2.44. The van der Waals surface area contributed by atoms with Crippen molar-refractivity contribution in [2.75, 3.05) is 7.11 Å². The molecule has 0 aromatic heterocycles. The van der Waals surface area contributed by atoms with Gasteiger partial charge in [0, 0.05) is 0 Å². The first-order chi connectivity index (χ1) is 11.2. The van der Waals surface area contributed by atoms with Gasteiger partial charge in [-0.3, -0.25) is 4.79 Å². The van der Waals surface area contributed by atoms with E-state index in [1.165, 1.54) is 7.11 Å². The molecule has 2 atom stereocenters. The second-order valence-electron chi connectivity index (χ2n) is 6.46. The Labute approximate surface area is 142 Å². The van der Waals surface area contributed by atoms with Gasteiger partial charge in [-0.1, -0.05) is 30.3 Å². The lowest BCUT2D eigenvalue weighted by molar-refractivity contribution is -0.141. The Hall–Kier alpha value is -2.55. The van der Waals surface area contributed by atoms with Crippen LogP contribution in [0.15, 0.2) is 30.3 Å². The Kier molecular flexibility index (Phi) is 7.25. The molecule has 0 bridgehead atoms. The third-order valence-corrected chi connectivity index (χ3v) is 3.27. The maximum atomic E-state index is 12.1. The molecule has 0 heterocycles. The van der Waals surface area contributed by atoms with E-state index in [1.807, 2.05) is 30.3 Å². The average Bonchev–Trinajstić information content (AvgIpc) is 2.51. The molecule has 0 fully saturated rings. The van der Waals surface area contributed by atoms with Gasteiger partial charge in [0.05, 0.1) is 31.6 Å². The molecule has 0 aliphatic carbocycles. The summed E-state index contributed by atoms with van der Waals surface area (Å²) in [5.41, 5.74) is 0.301. The van der Waals surface area contributed by atoms with Crippen LogP contribution in [0.4, 0.5) is 4.79 Å². The molecule has 1 N–H and O–H groups in total. The number of rotatable bonds is 6. The van der Waals surface area contributed by atoms with Gasteiger partial charge in [0.15, 0.2) is 0 Å². The van der Waals surface area contributed by atoms with Gasteiger partial charge in [-0.25, -0.2) is 4.79 Å². The Balaban J connectivity index is 2.91. The standard InChI is InChI=1S/C18H24N2O4/c1-18(2,3)24-17(22)20-15(10-13-8-6-5-7-9-13)14(12-19)11-16(21)23-4/h5-9,14-15H,10-11H2,1-4H3,(H,20,22)/t14?,15-/m0/s1. The first-order valence-corrected chi connectivity index (χ1v) is 7.75. The van der Waals surface area contributed by atoms with Crippen LogP contribution in [-0.4, -0.2) is 30.8 Å². The molecule has 0 aliphatic heterocycles. The van der Waals surface area contributed by atoms with Gasteiger partial charge in [-0.15, -0.1) is 0 Å². The Bertz CT molecular complexity index is 587. The number of nitrogens with zero attached hydrogens (tertiary/aromatic N) is 1. The fourth-order valence-corrected chi connectivity index (χ4v) is 2.16. The third-order valence-electron chi connectivity index (χ3n) is 3.27. The molecule has 1 amide bonds. The zero-order valence-electron chi connectivity index (χ0n) is 14.5. The molecule has 24 heavy (non-hydrogen) atoms. The van der Waals surface area contributed by atoms with Gasteiger partial charge in [0.1, 0.15) is 5.60 Å². The maximum absolute atomic E-state index is 12.1. The van der Waals surface area contributed by atoms with Crippen molar-refractivity contribution in [3.63, 3.8) is 0 Å². The van der Waals surface area contributed by atoms with E-state index in [-0.39, 0.29) is 6.42 Å².